The highest BCUT2D eigenvalue weighted by Gasteiger charge is 2.35. The van der Waals surface area contributed by atoms with Gasteiger partial charge in [-0.25, -0.2) is 0 Å². The van der Waals surface area contributed by atoms with Crippen LogP contribution >= 0.6 is 0 Å². The molecule has 0 amide bonds. The molecule has 1 N–H and O–H groups in total. The number of hydrogen-bond donors (Lipinski definition) is 1. The number of aliphatic hydroxyl groups excluding tert-OH is 1. The second-order valence-electron chi connectivity index (χ2n) is 7.77. The van der Waals surface area contributed by atoms with E-state index in [0.717, 1.165) is 13.0 Å². The zero-order valence-corrected chi connectivity index (χ0v) is 13.4. The molecule has 0 aromatic heterocycles. The van der Waals surface area contributed by atoms with Crippen LogP contribution < -0.4 is 0 Å². The Morgan fingerprint density at radius 2 is 1.78 bits per heavy atom. The number of hydrogen-bond acceptors (Lipinski definition) is 2. The Morgan fingerprint density at radius 3 is 2.22 bits per heavy atom. The van der Waals surface area contributed by atoms with E-state index >= 15 is 0 Å². The third kappa shape index (κ3) is 3.96. The maximum atomic E-state index is 10.3. The molecule has 1 aliphatic carbocycles. The fourth-order valence-corrected chi connectivity index (χ4v) is 3.33. The molecule has 0 heterocycles. The quantitative estimate of drug-likeness (QED) is 0.835. The van der Waals surface area contributed by atoms with Crippen LogP contribution in [0.2, 0.25) is 0 Å². The third-order valence-corrected chi connectivity index (χ3v) is 5.06. The molecule has 5 atom stereocenters. The second kappa shape index (κ2) is 5.92. The molecule has 1 saturated carbocycles. The van der Waals surface area contributed by atoms with Gasteiger partial charge in [-0.05, 0) is 44.1 Å². The molecule has 0 spiro atoms. The Kier molecular flexibility index (Phi) is 5.25. The smallest absolute Gasteiger partial charge is 0.0585 e. The molecule has 0 aromatic rings. The molecule has 2 heteroatoms. The first-order chi connectivity index (χ1) is 8.12. The Balaban J connectivity index is 2.61. The Labute approximate surface area is 114 Å². The van der Waals surface area contributed by atoms with Gasteiger partial charge in [-0.1, -0.05) is 34.6 Å². The van der Waals surface area contributed by atoms with Gasteiger partial charge in [0.15, 0.2) is 0 Å². The molecule has 0 aromatic carbocycles. The van der Waals surface area contributed by atoms with Crippen molar-refractivity contribution in [2.75, 3.05) is 13.6 Å². The highest BCUT2D eigenvalue weighted by Crippen LogP contribution is 2.35. The van der Waals surface area contributed by atoms with E-state index < -0.39 is 0 Å². The Hall–Kier alpha value is -0.0800. The summed E-state index contributed by atoms with van der Waals surface area (Å²) in [5.74, 6) is 1.76. The van der Waals surface area contributed by atoms with Crippen LogP contribution in [0.25, 0.3) is 0 Å². The fourth-order valence-electron chi connectivity index (χ4n) is 3.33. The van der Waals surface area contributed by atoms with Gasteiger partial charge in [-0.15, -0.1) is 0 Å². The van der Waals surface area contributed by atoms with E-state index in [1.165, 1.54) is 6.42 Å². The Bertz CT molecular complexity index is 246. The Morgan fingerprint density at radius 1 is 1.22 bits per heavy atom. The third-order valence-electron chi connectivity index (χ3n) is 5.06. The normalized spacial score (nSPS) is 35.8. The molecule has 5 unspecified atom stereocenters. The van der Waals surface area contributed by atoms with Crippen molar-refractivity contribution in [2.24, 2.45) is 23.2 Å². The summed E-state index contributed by atoms with van der Waals surface area (Å²) in [5, 5.41) is 10.3. The van der Waals surface area contributed by atoms with Gasteiger partial charge in [-0.3, -0.25) is 0 Å². The van der Waals surface area contributed by atoms with E-state index in [2.05, 4.69) is 53.5 Å². The van der Waals surface area contributed by atoms with Crippen LogP contribution in [-0.4, -0.2) is 35.7 Å². The summed E-state index contributed by atoms with van der Waals surface area (Å²) in [6.07, 6.45) is 2.13. The molecule has 1 fully saturated rings. The average Bonchev–Trinajstić information content (AvgIpc) is 2.20. The lowest BCUT2D eigenvalue weighted by molar-refractivity contribution is -0.0112. The molecule has 0 aliphatic heterocycles. The van der Waals surface area contributed by atoms with Crippen molar-refractivity contribution in [1.29, 1.82) is 0 Å². The summed E-state index contributed by atoms with van der Waals surface area (Å²) in [5.41, 5.74) is 0.297. The first kappa shape index (κ1) is 16.0. The van der Waals surface area contributed by atoms with Gasteiger partial charge < -0.3 is 10.0 Å². The largest absolute Gasteiger partial charge is 0.393 e. The lowest BCUT2D eigenvalue weighted by Gasteiger charge is -2.42. The zero-order chi connectivity index (χ0) is 14.1. The minimum absolute atomic E-state index is 0.113. The summed E-state index contributed by atoms with van der Waals surface area (Å²) in [7, 11) is 2.20. The van der Waals surface area contributed by atoms with Crippen LogP contribution in [0.4, 0.5) is 0 Å². The molecule has 2 nitrogen and oxygen atoms in total. The molecule has 1 rings (SSSR count). The minimum atomic E-state index is -0.113. The highest BCUT2D eigenvalue weighted by molar-refractivity contribution is 4.87. The van der Waals surface area contributed by atoms with Crippen LogP contribution in [-0.2, 0) is 0 Å². The maximum absolute atomic E-state index is 10.3. The van der Waals surface area contributed by atoms with Gasteiger partial charge in [0, 0.05) is 18.5 Å². The lowest BCUT2D eigenvalue weighted by Crippen LogP contribution is -2.47. The second-order valence-corrected chi connectivity index (χ2v) is 7.77. The van der Waals surface area contributed by atoms with E-state index in [9.17, 15) is 5.11 Å². The van der Waals surface area contributed by atoms with Crippen LogP contribution in [0.1, 0.15) is 54.4 Å². The summed E-state index contributed by atoms with van der Waals surface area (Å²) >= 11 is 0. The van der Waals surface area contributed by atoms with Crippen LogP contribution in [0.5, 0.6) is 0 Å². The van der Waals surface area contributed by atoms with Crippen LogP contribution in [0.15, 0.2) is 0 Å². The highest BCUT2D eigenvalue weighted by atomic mass is 16.3. The van der Waals surface area contributed by atoms with Gasteiger partial charge in [0.1, 0.15) is 0 Å². The average molecular weight is 255 g/mol. The van der Waals surface area contributed by atoms with Crippen molar-refractivity contribution >= 4 is 0 Å². The first-order valence-corrected chi connectivity index (χ1v) is 7.51. The molecule has 18 heavy (non-hydrogen) atoms. The van der Waals surface area contributed by atoms with E-state index in [0.29, 0.717) is 29.2 Å². The van der Waals surface area contributed by atoms with Crippen molar-refractivity contribution in [2.45, 2.75) is 66.5 Å². The minimum Gasteiger partial charge on any atom is -0.393 e. The topological polar surface area (TPSA) is 23.5 Å². The van der Waals surface area contributed by atoms with Gasteiger partial charge >= 0.3 is 0 Å². The number of rotatable bonds is 3. The molecule has 0 saturated heterocycles. The van der Waals surface area contributed by atoms with E-state index in [-0.39, 0.29) is 6.10 Å². The zero-order valence-electron chi connectivity index (χ0n) is 13.4. The van der Waals surface area contributed by atoms with Gasteiger partial charge in [0.25, 0.3) is 0 Å². The van der Waals surface area contributed by atoms with Crippen molar-refractivity contribution in [3.8, 4) is 0 Å². The summed E-state index contributed by atoms with van der Waals surface area (Å²) < 4.78 is 0. The van der Waals surface area contributed by atoms with Crippen molar-refractivity contribution in [3.63, 3.8) is 0 Å². The van der Waals surface area contributed by atoms with Gasteiger partial charge in [-0.2, -0.15) is 0 Å². The summed E-state index contributed by atoms with van der Waals surface area (Å²) in [6, 6.07) is 0.538. The van der Waals surface area contributed by atoms with Gasteiger partial charge in [0.05, 0.1) is 6.10 Å². The summed E-state index contributed by atoms with van der Waals surface area (Å²) in [4.78, 5) is 2.43. The maximum Gasteiger partial charge on any atom is 0.0585 e. The van der Waals surface area contributed by atoms with Crippen LogP contribution in [0.3, 0.4) is 0 Å². The van der Waals surface area contributed by atoms with Gasteiger partial charge in [0.2, 0.25) is 0 Å². The first-order valence-electron chi connectivity index (χ1n) is 7.51. The predicted octanol–water partition coefficient (Wildman–Crippen LogP) is 3.40. The summed E-state index contributed by atoms with van der Waals surface area (Å²) in [6.45, 7) is 14.7. The predicted molar refractivity (Wildman–Crippen MR) is 78.6 cm³/mol. The monoisotopic (exact) mass is 255 g/mol. The molecule has 0 bridgehead atoms. The van der Waals surface area contributed by atoms with E-state index in [1.807, 2.05) is 0 Å². The van der Waals surface area contributed by atoms with E-state index in [1.54, 1.807) is 0 Å². The number of nitrogens with zero attached hydrogens (tertiary/aromatic N) is 1. The molecule has 108 valence electrons. The van der Waals surface area contributed by atoms with Crippen molar-refractivity contribution in [3.05, 3.63) is 0 Å². The SMILES string of the molecule is CC1CC(C)C(CN(C)C(C)C(C)(C)C)C(O)C1. The molecular formula is C16H33NO. The standard InChI is InChI=1S/C16H33NO/c1-11-8-12(2)14(15(18)9-11)10-17(7)13(3)16(4,5)6/h11-15,18H,8-10H2,1-7H3. The van der Waals surface area contributed by atoms with E-state index in [4.69, 9.17) is 0 Å². The molecular weight excluding hydrogens is 222 g/mol. The molecule has 0 radical (unpaired) electrons. The lowest BCUT2D eigenvalue weighted by atomic mass is 9.73. The van der Waals surface area contributed by atoms with Crippen LogP contribution in [0, 0.1) is 23.2 Å². The molecule has 1 aliphatic rings. The fraction of sp³-hybridized carbons (Fsp3) is 1.00. The number of aliphatic hydroxyl groups is 1. The van der Waals surface area contributed by atoms with Crippen molar-refractivity contribution < 1.29 is 5.11 Å². The van der Waals surface area contributed by atoms with Crippen molar-refractivity contribution in [1.82, 2.24) is 4.90 Å².